The number of hydrogen-bond acceptors (Lipinski definition) is 3. The molecule has 0 spiro atoms. The molecule has 0 unspecified atom stereocenters. The van der Waals surface area contributed by atoms with Gasteiger partial charge in [0.05, 0.1) is 6.04 Å². The van der Waals surface area contributed by atoms with Gasteiger partial charge >= 0.3 is 0 Å². The zero-order valence-corrected chi connectivity index (χ0v) is 11.2. The number of halogens is 1. The van der Waals surface area contributed by atoms with Crippen LogP contribution in [0.25, 0.3) is 0 Å². The van der Waals surface area contributed by atoms with Crippen molar-refractivity contribution in [1.82, 2.24) is 10.1 Å². The maximum Gasteiger partial charge on any atom is 0.254 e. The van der Waals surface area contributed by atoms with E-state index >= 15 is 0 Å². The molecule has 0 N–H and O–H groups in total. The largest absolute Gasteiger partial charge is 0.361 e. The second-order valence-electron chi connectivity index (χ2n) is 5.03. The van der Waals surface area contributed by atoms with Gasteiger partial charge in [-0.1, -0.05) is 11.2 Å². The molecule has 2 heterocycles. The minimum absolute atomic E-state index is 0.0804. The van der Waals surface area contributed by atoms with Gasteiger partial charge in [0.15, 0.2) is 0 Å². The van der Waals surface area contributed by atoms with Gasteiger partial charge in [-0.05, 0) is 38.0 Å². The van der Waals surface area contributed by atoms with Gasteiger partial charge in [-0.25, -0.2) is 4.39 Å². The van der Waals surface area contributed by atoms with Gasteiger partial charge in [-0.15, -0.1) is 0 Å². The summed E-state index contributed by atoms with van der Waals surface area (Å²) in [6.07, 6.45) is 1.77. The highest BCUT2D eigenvalue weighted by molar-refractivity contribution is 5.94. The van der Waals surface area contributed by atoms with Crippen LogP contribution in [0.5, 0.6) is 0 Å². The summed E-state index contributed by atoms with van der Waals surface area (Å²) in [5.74, 6) is 0.168. The minimum atomic E-state index is -0.399. The SMILES string of the molecule is Cc1cc([C@H]2CCCN2C(=O)c2cccc(F)c2)no1. The lowest BCUT2D eigenvalue weighted by atomic mass is 10.1. The summed E-state index contributed by atoms with van der Waals surface area (Å²) in [7, 11) is 0. The van der Waals surface area contributed by atoms with E-state index in [1.54, 1.807) is 17.0 Å². The Bertz CT molecular complexity index is 638. The molecule has 1 atom stereocenters. The second kappa shape index (κ2) is 5.07. The van der Waals surface area contributed by atoms with Crippen LogP contribution in [-0.2, 0) is 0 Å². The third-order valence-corrected chi connectivity index (χ3v) is 3.57. The van der Waals surface area contributed by atoms with Gasteiger partial charge in [-0.3, -0.25) is 4.79 Å². The van der Waals surface area contributed by atoms with E-state index in [0.717, 1.165) is 24.3 Å². The molecule has 1 fully saturated rings. The minimum Gasteiger partial charge on any atom is -0.361 e. The van der Waals surface area contributed by atoms with Gasteiger partial charge in [0.2, 0.25) is 0 Å². The first-order chi connectivity index (χ1) is 9.65. The molecule has 1 aliphatic heterocycles. The molecule has 1 saturated heterocycles. The summed E-state index contributed by atoms with van der Waals surface area (Å²) >= 11 is 0. The Morgan fingerprint density at radius 3 is 3.00 bits per heavy atom. The lowest BCUT2D eigenvalue weighted by Crippen LogP contribution is -2.30. The predicted molar refractivity (Wildman–Crippen MR) is 70.7 cm³/mol. The molecule has 0 bridgehead atoms. The van der Waals surface area contributed by atoms with Crippen molar-refractivity contribution in [3.8, 4) is 0 Å². The standard InChI is InChI=1S/C15H15FN2O2/c1-10-8-13(17-20-10)14-6-3-7-18(14)15(19)11-4-2-5-12(16)9-11/h2,4-5,8-9,14H,3,6-7H2,1H3/t14-/m1/s1. The number of hydrogen-bond donors (Lipinski definition) is 0. The van der Waals surface area contributed by atoms with Crippen molar-refractivity contribution < 1.29 is 13.7 Å². The third-order valence-electron chi connectivity index (χ3n) is 3.57. The van der Waals surface area contributed by atoms with Crippen molar-refractivity contribution in [2.45, 2.75) is 25.8 Å². The molecule has 0 aliphatic carbocycles. The van der Waals surface area contributed by atoms with Gasteiger partial charge in [0.1, 0.15) is 17.3 Å². The lowest BCUT2D eigenvalue weighted by molar-refractivity contribution is 0.0730. The maximum absolute atomic E-state index is 13.2. The summed E-state index contributed by atoms with van der Waals surface area (Å²) in [6.45, 7) is 2.48. The predicted octanol–water partition coefficient (Wildman–Crippen LogP) is 3.10. The van der Waals surface area contributed by atoms with E-state index in [9.17, 15) is 9.18 Å². The zero-order chi connectivity index (χ0) is 14.1. The summed E-state index contributed by atoms with van der Waals surface area (Å²) in [5.41, 5.74) is 1.14. The Kier molecular flexibility index (Phi) is 3.26. The molecule has 0 saturated carbocycles. The fourth-order valence-electron chi connectivity index (χ4n) is 2.65. The van der Waals surface area contributed by atoms with Crippen molar-refractivity contribution in [2.24, 2.45) is 0 Å². The van der Waals surface area contributed by atoms with Crippen LogP contribution in [0.4, 0.5) is 4.39 Å². The van der Waals surface area contributed by atoms with E-state index in [4.69, 9.17) is 4.52 Å². The first-order valence-corrected chi connectivity index (χ1v) is 6.65. The van der Waals surface area contributed by atoms with Gasteiger partial charge in [-0.2, -0.15) is 0 Å². The number of likely N-dealkylation sites (tertiary alicyclic amines) is 1. The number of rotatable bonds is 2. The summed E-state index contributed by atoms with van der Waals surface area (Å²) < 4.78 is 18.3. The van der Waals surface area contributed by atoms with Crippen molar-refractivity contribution in [1.29, 1.82) is 0 Å². The number of carbonyl (C=O) groups excluding carboxylic acids is 1. The lowest BCUT2D eigenvalue weighted by Gasteiger charge is -2.23. The molecular weight excluding hydrogens is 259 g/mol. The van der Waals surface area contributed by atoms with Gasteiger partial charge in [0, 0.05) is 18.2 Å². The van der Waals surface area contributed by atoms with Crippen molar-refractivity contribution in [2.75, 3.05) is 6.54 Å². The highest BCUT2D eigenvalue weighted by Gasteiger charge is 2.32. The Morgan fingerprint density at radius 1 is 1.45 bits per heavy atom. The van der Waals surface area contributed by atoms with E-state index in [1.165, 1.54) is 12.1 Å². The number of aryl methyl sites for hydroxylation is 1. The fourth-order valence-corrected chi connectivity index (χ4v) is 2.65. The summed E-state index contributed by atoms with van der Waals surface area (Å²) in [6, 6.07) is 7.55. The van der Waals surface area contributed by atoms with Crippen LogP contribution in [0.1, 0.15) is 40.7 Å². The molecular formula is C15H15FN2O2. The van der Waals surface area contributed by atoms with E-state index in [2.05, 4.69) is 5.16 Å². The van der Waals surface area contributed by atoms with Crippen LogP contribution in [0.3, 0.4) is 0 Å². The van der Waals surface area contributed by atoms with Crippen LogP contribution in [0, 0.1) is 12.7 Å². The zero-order valence-electron chi connectivity index (χ0n) is 11.2. The topological polar surface area (TPSA) is 46.3 Å². The first kappa shape index (κ1) is 12.8. The van der Waals surface area contributed by atoms with Gasteiger partial charge < -0.3 is 9.42 Å². The van der Waals surface area contributed by atoms with Gasteiger partial charge in [0.25, 0.3) is 5.91 Å². The second-order valence-corrected chi connectivity index (χ2v) is 5.03. The number of nitrogens with zero attached hydrogens (tertiary/aromatic N) is 2. The fraction of sp³-hybridized carbons (Fsp3) is 0.333. The number of benzene rings is 1. The Hall–Kier alpha value is -2.17. The van der Waals surface area contributed by atoms with Crippen molar-refractivity contribution >= 4 is 5.91 Å². The first-order valence-electron chi connectivity index (χ1n) is 6.65. The average Bonchev–Trinajstić information content (AvgIpc) is 3.06. The molecule has 2 aromatic rings. The Balaban J connectivity index is 1.87. The molecule has 1 aromatic heterocycles. The van der Waals surface area contributed by atoms with Crippen molar-refractivity contribution in [3.05, 3.63) is 53.2 Å². The van der Waals surface area contributed by atoms with E-state index in [1.807, 2.05) is 13.0 Å². The molecule has 3 rings (SSSR count). The summed E-state index contributed by atoms with van der Waals surface area (Å²) in [4.78, 5) is 14.2. The third kappa shape index (κ3) is 2.31. The molecule has 20 heavy (non-hydrogen) atoms. The van der Waals surface area contributed by atoms with Crippen LogP contribution < -0.4 is 0 Å². The number of amides is 1. The molecule has 1 amide bonds. The van der Waals surface area contributed by atoms with E-state index in [-0.39, 0.29) is 11.9 Å². The quantitative estimate of drug-likeness (QED) is 0.845. The number of carbonyl (C=O) groups is 1. The Morgan fingerprint density at radius 2 is 2.30 bits per heavy atom. The monoisotopic (exact) mass is 274 g/mol. The van der Waals surface area contributed by atoms with E-state index < -0.39 is 5.82 Å². The molecule has 1 aromatic carbocycles. The van der Waals surface area contributed by atoms with Crippen LogP contribution >= 0.6 is 0 Å². The summed E-state index contributed by atoms with van der Waals surface area (Å²) in [5, 5.41) is 4.00. The van der Waals surface area contributed by atoms with Crippen molar-refractivity contribution in [3.63, 3.8) is 0 Å². The maximum atomic E-state index is 13.2. The van der Waals surface area contributed by atoms with Crippen LogP contribution in [0.15, 0.2) is 34.9 Å². The van der Waals surface area contributed by atoms with Crippen LogP contribution in [0.2, 0.25) is 0 Å². The number of aromatic nitrogens is 1. The molecule has 0 radical (unpaired) electrons. The normalized spacial score (nSPS) is 18.5. The Labute approximate surface area is 116 Å². The molecule has 4 nitrogen and oxygen atoms in total. The highest BCUT2D eigenvalue weighted by Crippen LogP contribution is 2.32. The van der Waals surface area contributed by atoms with E-state index in [0.29, 0.717) is 12.1 Å². The van der Waals surface area contributed by atoms with Crippen LogP contribution in [-0.4, -0.2) is 22.5 Å². The average molecular weight is 274 g/mol. The smallest absolute Gasteiger partial charge is 0.254 e. The molecule has 104 valence electrons. The molecule has 5 heteroatoms. The highest BCUT2D eigenvalue weighted by atomic mass is 19.1. The molecule has 1 aliphatic rings.